The SMILES string of the molecule is O=c1cc(-c2ccccc2OCc2ccc(-c3cnn(C4CCCC4)c3)cc2)ccn1[C@H]1CCCC[C@@H]1O. The maximum absolute atomic E-state index is 13.0. The molecule has 196 valence electrons. The van der Waals surface area contributed by atoms with Crippen LogP contribution in [0, 0.1) is 0 Å². The molecule has 4 aromatic rings. The van der Waals surface area contributed by atoms with Gasteiger partial charge in [0.05, 0.1) is 24.4 Å². The number of benzene rings is 2. The maximum atomic E-state index is 13.0. The third kappa shape index (κ3) is 5.18. The van der Waals surface area contributed by atoms with Crippen LogP contribution < -0.4 is 10.3 Å². The summed E-state index contributed by atoms with van der Waals surface area (Å²) in [5.41, 5.74) is 4.99. The summed E-state index contributed by atoms with van der Waals surface area (Å²) < 4.78 is 10.1. The number of aliphatic hydroxyl groups is 1. The average molecular weight is 510 g/mol. The molecule has 1 N–H and O–H groups in total. The molecule has 0 spiro atoms. The van der Waals surface area contributed by atoms with Crippen molar-refractivity contribution in [3.05, 3.63) is 95.2 Å². The molecule has 0 unspecified atom stereocenters. The topological polar surface area (TPSA) is 69.3 Å². The molecule has 2 aliphatic carbocycles. The zero-order valence-electron chi connectivity index (χ0n) is 21.7. The number of hydrogen-bond acceptors (Lipinski definition) is 4. The second-order valence-electron chi connectivity index (χ2n) is 10.7. The van der Waals surface area contributed by atoms with E-state index in [4.69, 9.17) is 4.74 Å². The van der Waals surface area contributed by atoms with E-state index in [9.17, 15) is 9.90 Å². The van der Waals surface area contributed by atoms with Crippen LogP contribution >= 0.6 is 0 Å². The smallest absolute Gasteiger partial charge is 0.251 e. The quantitative estimate of drug-likeness (QED) is 0.307. The molecule has 2 atom stereocenters. The Balaban J connectivity index is 1.15. The van der Waals surface area contributed by atoms with Crippen molar-refractivity contribution in [2.75, 3.05) is 0 Å². The van der Waals surface area contributed by atoms with Gasteiger partial charge in [-0.15, -0.1) is 0 Å². The van der Waals surface area contributed by atoms with E-state index >= 15 is 0 Å². The summed E-state index contributed by atoms with van der Waals surface area (Å²) >= 11 is 0. The lowest BCUT2D eigenvalue weighted by molar-refractivity contribution is 0.0738. The van der Waals surface area contributed by atoms with Crippen LogP contribution in [-0.2, 0) is 6.61 Å². The standard InChI is InChI=1S/C32H35N3O3/c36-30-11-5-4-10-29(30)34-18-17-25(19-32(34)37)28-9-3-6-12-31(28)38-22-23-13-15-24(16-14-23)26-20-33-35(21-26)27-7-1-2-8-27/h3,6,9,12-21,27,29-30,36H,1-2,4-5,7-8,10-11,22H2/t29-,30-/m0/s1. The molecule has 6 heteroatoms. The van der Waals surface area contributed by atoms with Crippen molar-refractivity contribution >= 4 is 0 Å². The van der Waals surface area contributed by atoms with Gasteiger partial charge in [0, 0.05) is 29.6 Å². The predicted octanol–water partition coefficient (Wildman–Crippen LogP) is 6.55. The molecular formula is C32H35N3O3. The number of rotatable bonds is 7. The van der Waals surface area contributed by atoms with Crippen molar-refractivity contribution < 1.29 is 9.84 Å². The number of aliphatic hydroxyl groups excluding tert-OH is 1. The first-order valence-electron chi connectivity index (χ1n) is 13.9. The molecule has 2 aromatic carbocycles. The van der Waals surface area contributed by atoms with Gasteiger partial charge in [0.15, 0.2) is 0 Å². The van der Waals surface area contributed by atoms with Crippen LogP contribution in [0.1, 0.15) is 69.0 Å². The summed E-state index contributed by atoms with van der Waals surface area (Å²) in [6.07, 6.45) is 14.2. The third-order valence-corrected chi connectivity index (χ3v) is 8.18. The molecular weight excluding hydrogens is 474 g/mol. The molecule has 0 radical (unpaired) electrons. The molecule has 2 fully saturated rings. The van der Waals surface area contributed by atoms with Crippen molar-refractivity contribution in [2.45, 2.75) is 76.2 Å². The van der Waals surface area contributed by atoms with Gasteiger partial charge in [-0.2, -0.15) is 5.10 Å². The van der Waals surface area contributed by atoms with Crippen molar-refractivity contribution in [1.29, 1.82) is 0 Å². The van der Waals surface area contributed by atoms with Gasteiger partial charge in [-0.05, 0) is 54.5 Å². The molecule has 2 heterocycles. The summed E-state index contributed by atoms with van der Waals surface area (Å²) in [4.78, 5) is 13.0. The zero-order valence-corrected chi connectivity index (χ0v) is 21.7. The minimum atomic E-state index is -0.460. The number of aromatic nitrogens is 3. The highest BCUT2D eigenvalue weighted by Gasteiger charge is 2.25. The van der Waals surface area contributed by atoms with E-state index in [0.717, 1.165) is 59.3 Å². The first-order chi connectivity index (χ1) is 18.7. The molecule has 6 nitrogen and oxygen atoms in total. The Morgan fingerprint density at radius 2 is 1.63 bits per heavy atom. The van der Waals surface area contributed by atoms with Crippen LogP contribution in [0.2, 0.25) is 0 Å². The van der Waals surface area contributed by atoms with Gasteiger partial charge in [0.25, 0.3) is 5.56 Å². The fraction of sp³-hybridized carbons (Fsp3) is 0.375. The van der Waals surface area contributed by atoms with Crippen LogP contribution in [0.25, 0.3) is 22.3 Å². The molecule has 2 aromatic heterocycles. The Morgan fingerprint density at radius 3 is 2.42 bits per heavy atom. The number of pyridine rings is 1. The summed E-state index contributed by atoms with van der Waals surface area (Å²) in [6, 6.07) is 20.3. The molecule has 0 bridgehead atoms. The summed E-state index contributed by atoms with van der Waals surface area (Å²) in [5.74, 6) is 0.740. The Labute approximate surface area is 223 Å². The molecule has 6 rings (SSSR count). The van der Waals surface area contributed by atoms with Crippen LogP contribution in [0.15, 0.2) is 84.0 Å². The summed E-state index contributed by atoms with van der Waals surface area (Å²) in [6.45, 7) is 0.434. The van der Waals surface area contributed by atoms with E-state index in [1.165, 1.54) is 25.7 Å². The van der Waals surface area contributed by atoms with Crippen molar-refractivity contribution in [2.24, 2.45) is 0 Å². The lowest BCUT2D eigenvalue weighted by Gasteiger charge is -2.29. The van der Waals surface area contributed by atoms with Crippen LogP contribution in [-0.4, -0.2) is 25.6 Å². The van der Waals surface area contributed by atoms with Gasteiger partial charge in [0.1, 0.15) is 12.4 Å². The molecule has 0 saturated heterocycles. The summed E-state index contributed by atoms with van der Waals surface area (Å²) in [7, 11) is 0. The first-order valence-corrected chi connectivity index (χ1v) is 13.9. The Hall–Kier alpha value is -3.64. The highest BCUT2D eigenvalue weighted by Crippen LogP contribution is 2.33. The highest BCUT2D eigenvalue weighted by atomic mass is 16.5. The molecule has 2 aliphatic rings. The van der Waals surface area contributed by atoms with Crippen molar-refractivity contribution in [3.63, 3.8) is 0 Å². The van der Waals surface area contributed by atoms with E-state index < -0.39 is 6.10 Å². The van der Waals surface area contributed by atoms with Crippen LogP contribution in [0.4, 0.5) is 0 Å². The average Bonchev–Trinajstić information content (AvgIpc) is 3.66. The predicted molar refractivity (Wildman–Crippen MR) is 149 cm³/mol. The molecule has 2 saturated carbocycles. The normalized spacial score (nSPS) is 20.0. The second kappa shape index (κ2) is 11.0. The number of ether oxygens (including phenoxy) is 1. The first kappa shape index (κ1) is 24.7. The monoisotopic (exact) mass is 509 g/mol. The number of para-hydroxylation sites is 1. The molecule has 0 aliphatic heterocycles. The zero-order chi connectivity index (χ0) is 25.9. The number of hydrogen-bond donors (Lipinski definition) is 1. The Bertz CT molecular complexity index is 1430. The summed E-state index contributed by atoms with van der Waals surface area (Å²) in [5, 5.41) is 15.0. The molecule has 0 amide bonds. The van der Waals surface area contributed by atoms with Gasteiger partial charge in [-0.1, -0.05) is 68.1 Å². The van der Waals surface area contributed by atoms with Gasteiger partial charge in [-0.3, -0.25) is 9.48 Å². The lowest BCUT2D eigenvalue weighted by Crippen LogP contribution is -2.34. The Morgan fingerprint density at radius 1 is 0.868 bits per heavy atom. The minimum Gasteiger partial charge on any atom is -0.488 e. The Kier molecular flexibility index (Phi) is 7.14. The number of nitrogens with zero attached hydrogens (tertiary/aromatic N) is 3. The van der Waals surface area contributed by atoms with E-state index in [0.29, 0.717) is 12.6 Å². The van der Waals surface area contributed by atoms with Crippen LogP contribution in [0.3, 0.4) is 0 Å². The van der Waals surface area contributed by atoms with Gasteiger partial charge in [0.2, 0.25) is 0 Å². The lowest BCUT2D eigenvalue weighted by atomic mass is 9.92. The van der Waals surface area contributed by atoms with E-state index in [-0.39, 0.29) is 11.6 Å². The van der Waals surface area contributed by atoms with Crippen molar-refractivity contribution in [1.82, 2.24) is 14.3 Å². The van der Waals surface area contributed by atoms with Crippen molar-refractivity contribution in [3.8, 4) is 28.0 Å². The fourth-order valence-electron chi connectivity index (χ4n) is 5.99. The van der Waals surface area contributed by atoms with Gasteiger partial charge < -0.3 is 14.4 Å². The second-order valence-corrected chi connectivity index (χ2v) is 10.7. The third-order valence-electron chi connectivity index (χ3n) is 8.18. The van der Waals surface area contributed by atoms with E-state index in [1.54, 1.807) is 10.6 Å². The fourth-order valence-corrected chi connectivity index (χ4v) is 5.99. The van der Waals surface area contributed by atoms with E-state index in [2.05, 4.69) is 40.2 Å². The maximum Gasteiger partial charge on any atom is 0.251 e. The highest BCUT2D eigenvalue weighted by molar-refractivity contribution is 5.70. The van der Waals surface area contributed by atoms with Gasteiger partial charge >= 0.3 is 0 Å². The molecule has 38 heavy (non-hydrogen) atoms. The van der Waals surface area contributed by atoms with E-state index in [1.807, 2.05) is 42.7 Å². The largest absolute Gasteiger partial charge is 0.488 e. The van der Waals surface area contributed by atoms with Gasteiger partial charge in [-0.25, -0.2) is 0 Å². The minimum absolute atomic E-state index is 0.0879. The van der Waals surface area contributed by atoms with Crippen LogP contribution in [0.5, 0.6) is 5.75 Å².